The van der Waals surface area contributed by atoms with Crippen molar-refractivity contribution >= 4 is 37.8 Å². The molecule has 0 saturated carbocycles. The third-order valence-electron chi connectivity index (χ3n) is 2.97. The number of aliphatic carboxylic acids is 1. The first-order valence-corrected chi connectivity index (χ1v) is 8.90. The summed E-state index contributed by atoms with van der Waals surface area (Å²) >= 11 is 7.01. The molecule has 0 radical (unpaired) electrons. The predicted molar refractivity (Wildman–Crippen MR) is 95.3 cm³/mol. The number of ether oxygens (including phenoxy) is 1. The third-order valence-corrected chi connectivity index (χ3v) is 4.15. The molecule has 1 atom stereocenters. The molecule has 1 aromatic carbocycles. The van der Waals surface area contributed by atoms with Crippen LogP contribution in [0.1, 0.15) is 39.7 Å². The minimum absolute atomic E-state index is 0.0824. The molecule has 6 heteroatoms. The summed E-state index contributed by atoms with van der Waals surface area (Å²) in [6.45, 7) is 8.46. The second-order valence-corrected chi connectivity index (χ2v) is 7.67. The standard InChI is InChI=1S/C16H23Br2NO3/c1-9(2)5-14(16(20)21)19-8-11-6-12(17)15(13(18)7-11)22-10(3)4/h6-7,9-10,14,19H,5,8H2,1-4H3,(H,20,21). The summed E-state index contributed by atoms with van der Waals surface area (Å²) in [6, 6.07) is 3.36. The summed E-state index contributed by atoms with van der Waals surface area (Å²) in [4.78, 5) is 11.3. The van der Waals surface area contributed by atoms with E-state index in [4.69, 9.17) is 4.74 Å². The fourth-order valence-electron chi connectivity index (χ4n) is 2.05. The number of carbonyl (C=O) groups is 1. The van der Waals surface area contributed by atoms with E-state index in [2.05, 4.69) is 37.2 Å². The molecular formula is C16H23Br2NO3. The summed E-state index contributed by atoms with van der Waals surface area (Å²) < 4.78 is 7.44. The van der Waals surface area contributed by atoms with Crippen molar-refractivity contribution in [3.8, 4) is 5.75 Å². The highest BCUT2D eigenvalue weighted by molar-refractivity contribution is 9.11. The third kappa shape index (κ3) is 6.26. The monoisotopic (exact) mass is 435 g/mol. The van der Waals surface area contributed by atoms with Gasteiger partial charge in [-0.1, -0.05) is 13.8 Å². The normalized spacial score (nSPS) is 12.7. The van der Waals surface area contributed by atoms with Gasteiger partial charge in [0.05, 0.1) is 15.0 Å². The number of nitrogens with one attached hydrogen (secondary N) is 1. The van der Waals surface area contributed by atoms with Crippen LogP contribution >= 0.6 is 31.9 Å². The zero-order chi connectivity index (χ0) is 16.9. The molecule has 0 aromatic heterocycles. The lowest BCUT2D eigenvalue weighted by Crippen LogP contribution is -2.37. The second-order valence-electron chi connectivity index (χ2n) is 5.96. The van der Waals surface area contributed by atoms with Crippen LogP contribution in [0.5, 0.6) is 5.75 Å². The van der Waals surface area contributed by atoms with Gasteiger partial charge in [-0.2, -0.15) is 0 Å². The SMILES string of the molecule is CC(C)CC(NCc1cc(Br)c(OC(C)C)c(Br)c1)C(=O)O. The first-order valence-electron chi connectivity index (χ1n) is 7.31. The van der Waals surface area contributed by atoms with E-state index in [9.17, 15) is 9.90 Å². The van der Waals surface area contributed by atoms with Crippen molar-refractivity contribution in [2.45, 2.75) is 52.8 Å². The molecule has 4 nitrogen and oxygen atoms in total. The number of benzene rings is 1. The number of hydrogen-bond acceptors (Lipinski definition) is 3. The Morgan fingerprint density at radius 1 is 1.23 bits per heavy atom. The highest BCUT2D eigenvalue weighted by atomic mass is 79.9. The predicted octanol–water partition coefficient (Wildman–Crippen LogP) is 4.59. The minimum Gasteiger partial charge on any atom is -0.489 e. The van der Waals surface area contributed by atoms with Crippen LogP contribution in [-0.2, 0) is 11.3 Å². The molecule has 1 unspecified atom stereocenters. The molecule has 0 bridgehead atoms. The highest BCUT2D eigenvalue weighted by Gasteiger charge is 2.18. The van der Waals surface area contributed by atoms with Crippen LogP contribution < -0.4 is 10.1 Å². The first kappa shape index (κ1) is 19.5. The van der Waals surface area contributed by atoms with Crippen molar-refractivity contribution in [1.82, 2.24) is 5.32 Å². The van der Waals surface area contributed by atoms with Crippen molar-refractivity contribution in [2.24, 2.45) is 5.92 Å². The van der Waals surface area contributed by atoms with Crippen LogP contribution in [0.15, 0.2) is 21.1 Å². The van der Waals surface area contributed by atoms with Gasteiger partial charge in [0.2, 0.25) is 0 Å². The molecule has 124 valence electrons. The maximum Gasteiger partial charge on any atom is 0.320 e. The molecule has 0 amide bonds. The van der Waals surface area contributed by atoms with Crippen molar-refractivity contribution in [3.05, 3.63) is 26.6 Å². The summed E-state index contributed by atoms with van der Waals surface area (Å²) in [5.41, 5.74) is 0.991. The van der Waals surface area contributed by atoms with E-state index in [1.54, 1.807) is 0 Å². The molecule has 0 saturated heterocycles. The number of carboxylic acids is 1. The van der Waals surface area contributed by atoms with Gasteiger partial charge in [-0.15, -0.1) is 0 Å². The lowest BCUT2D eigenvalue weighted by atomic mass is 10.0. The Balaban J connectivity index is 2.80. The van der Waals surface area contributed by atoms with E-state index in [0.717, 1.165) is 20.3 Å². The average Bonchev–Trinajstić information content (AvgIpc) is 2.37. The Hall–Kier alpha value is -0.590. The lowest BCUT2D eigenvalue weighted by molar-refractivity contribution is -0.140. The molecule has 0 heterocycles. The number of rotatable bonds is 8. The van der Waals surface area contributed by atoms with Crippen LogP contribution in [0.3, 0.4) is 0 Å². The summed E-state index contributed by atoms with van der Waals surface area (Å²) in [5.74, 6) is 0.274. The van der Waals surface area contributed by atoms with Crippen LogP contribution in [0.25, 0.3) is 0 Å². The first-order chi connectivity index (χ1) is 10.2. The van der Waals surface area contributed by atoms with Gasteiger partial charge in [0.15, 0.2) is 0 Å². The summed E-state index contributed by atoms with van der Waals surface area (Å²) in [6.07, 6.45) is 0.686. The molecular weight excluding hydrogens is 414 g/mol. The second kappa shape index (κ2) is 8.89. The number of halogens is 2. The zero-order valence-corrected chi connectivity index (χ0v) is 16.5. The average molecular weight is 437 g/mol. The van der Waals surface area contributed by atoms with E-state index in [1.807, 2.05) is 39.8 Å². The Bertz CT molecular complexity index is 495. The van der Waals surface area contributed by atoms with Gasteiger partial charge in [0.25, 0.3) is 0 Å². The quantitative estimate of drug-likeness (QED) is 0.625. The van der Waals surface area contributed by atoms with Gasteiger partial charge in [-0.05, 0) is 75.7 Å². The van der Waals surface area contributed by atoms with E-state index >= 15 is 0 Å². The largest absolute Gasteiger partial charge is 0.489 e. The lowest BCUT2D eigenvalue weighted by Gasteiger charge is -2.18. The Labute approximate surface area is 148 Å². The maximum atomic E-state index is 11.3. The topological polar surface area (TPSA) is 58.6 Å². The molecule has 0 aliphatic heterocycles. The zero-order valence-electron chi connectivity index (χ0n) is 13.3. The Morgan fingerprint density at radius 2 is 1.77 bits per heavy atom. The maximum absolute atomic E-state index is 11.3. The summed E-state index contributed by atoms with van der Waals surface area (Å²) in [5, 5.41) is 12.4. The molecule has 2 N–H and O–H groups in total. The molecule has 1 rings (SSSR count). The Kier molecular flexibility index (Phi) is 7.86. The highest BCUT2D eigenvalue weighted by Crippen LogP contribution is 2.35. The van der Waals surface area contributed by atoms with Gasteiger partial charge in [-0.25, -0.2) is 0 Å². The fourth-order valence-corrected chi connectivity index (χ4v) is 3.51. The van der Waals surface area contributed by atoms with Gasteiger partial charge in [-0.3, -0.25) is 4.79 Å². The van der Waals surface area contributed by atoms with E-state index in [-0.39, 0.29) is 6.10 Å². The summed E-state index contributed by atoms with van der Waals surface area (Å²) in [7, 11) is 0. The van der Waals surface area contributed by atoms with E-state index in [0.29, 0.717) is 18.9 Å². The molecule has 1 aromatic rings. The van der Waals surface area contributed by atoms with Crippen molar-refractivity contribution in [2.75, 3.05) is 0 Å². The molecule has 0 aliphatic carbocycles. The molecule has 22 heavy (non-hydrogen) atoms. The van der Waals surface area contributed by atoms with E-state index < -0.39 is 12.0 Å². The minimum atomic E-state index is -0.813. The van der Waals surface area contributed by atoms with Crippen LogP contribution in [-0.4, -0.2) is 23.2 Å². The van der Waals surface area contributed by atoms with Gasteiger partial charge < -0.3 is 15.2 Å². The Morgan fingerprint density at radius 3 is 2.18 bits per heavy atom. The molecule has 0 fully saturated rings. The molecule has 0 spiro atoms. The van der Waals surface area contributed by atoms with E-state index in [1.165, 1.54) is 0 Å². The van der Waals surface area contributed by atoms with Crippen LogP contribution in [0, 0.1) is 5.92 Å². The van der Waals surface area contributed by atoms with Gasteiger partial charge >= 0.3 is 5.97 Å². The van der Waals surface area contributed by atoms with Crippen LogP contribution in [0.4, 0.5) is 0 Å². The van der Waals surface area contributed by atoms with Gasteiger partial charge in [0.1, 0.15) is 11.8 Å². The van der Waals surface area contributed by atoms with Gasteiger partial charge in [0, 0.05) is 6.54 Å². The number of hydrogen-bond donors (Lipinski definition) is 2. The smallest absolute Gasteiger partial charge is 0.320 e. The number of carboxylic acid groups (broad SMARTS) is 1. The van der Waals surface area contributed by atoms with Crippen molar-refractivity contribution in [1.29, 1.82) is 0 Å². The fraction of sp³-hybridized carbons (Fsp3) is 0.562. The molecule has 0 aliphatic rings. The van der Waals surface area contributed by atoms with Crippen LogP contribution in [0.2, 0.25) is 0 Å². The van der Waals surface area contributed by atoms with Crippen molar-refractivity contribution < 1.29 is 14.6 Å². The van der Waals surface area contributed by atoms with Crippen molar-refractivity contribution in [3.63, 3.8) is 0 Å².